The van der Waals surface area contributed by atoms with E-state index >= 15 is 0 Å². The summed E-state index contributed by atoms with van der Waals surface area (Å²) < 4.78 is 0. The van der Waals surface area contributed by atoms with Crippen LogP contribution in [-0.4, -0.2) is 5.78 Å². The average molecular weight is 134 g/mol. The van der Waals surface area contributed by atoms with Crippen molar-refractivity contribution in [2.24, 2.45) is 0 Å². The van der Waals surface area contributed by atoms with Gasteiger partial charge in [0.2, 0.25) is 0 Å². The second-order valence-electron chi connectivity index (χ2n) is 2.57. The SMILES string of the molecule is C=C1C=C(C)C=C(C)C1=O. The molecule has 1 aliphatic rings. The molecule has 0 spiro atoms. The summed E-state index contributed by atoms with van der Waals surface area (Å²) in [5.74, 6) is 0.0607. The van der Waals surface area contributed by atoms with Gasteiger partial charge in [-0.2, -0.15) is 0 Å². The van der Waals surface area contributed by atoms with Gasteiger partial charge in [-0.05, 0) is 25.5 Å². The van der Waals surface area contributed by atoms with E-state index < -0.39 is 0 Å². The Morgan fingerprint density at radius 3 is 2.40 bits per heavy atom. The van der Waals surface area contributed by atoms with E-state index in [1.54, 1.807) is 6.08 Å². The molecular weight excluding hydrogens is 124 g/mol. The number of hydrogen-bond acceptors (Lipinski definition) is 1. The van der Waals surface area contributed by atoms with E-state index in [0.29, 0.717) is 5.57 Å². The number of allylic oxidation sites excluding steroid dienone is 5. The minimum absolute atomic E-state index is 0.0607. The molecule has 0 atom stereocenters. The van der Waals surface area contributed by atoms with E-state index in [4.69, 9.17) is 0 Å². The Morgan fingerprint density at radius 1 is 1.30 bits per heavy atom. The second-order valence-corrected chi connectivity index (χ2v) is 2.57. The number of rotatable bonds is 0. The summed E-state index contributed by atoms with van der Waals surface area (Å²) >= 11 is 0. The van der Waals surface area contributed by atoms with Gasteiger partial charge in [-0.1, -0.05) is 18.2 Å². The zero-order chi connectivity index (χ0) is 7.72. The largest absolute Gasteiger partial charge is 0.289 e. The summed E-state index contributed by atoms with van der Waals surface area (Å²) in [7, 11) is 0. The Kier molecular flexibility index (Phi) is 1.58. The molecule has 0 unspecified atom stereocenters. The van der Waals surface area contributed by atoms with Crippen LogP contribution in [0.1, 0.15) is 13.8 Å². The van der Waals surface area contributed by atoms with Gasteiger partial charge in [0.15, 0.2) is 5.78 Å². The smallest absolute Gasteiger partial charge is 0.188 e. The number of ketones is 1. The van der Waals surface area contributed by atoms with Gasteiger partial charge in [0.05, 0.1) is 0 Å². The highest BCUT2D eigenvalue weighted by molar-refractivity contribution is 6.10. The van der Waals surface area contributed by atoms with Crippen LogP contribution < -0.4 is 0 Å². The third-order valence-corrected chi connectivity index (χ3v) is 1.50. The van der Waals surface area contributed by atoms with Gasteiger partial charge in [0, 0.05) is 5.57 Å². The summed E-state index contributed by atoms with van der Waals surface area (Å²) in [6, 6.07) is 0. The Balaban J connectivity index is 3.07. The summed E-state index contributed by atoms with van der Waals surface area (Å²) in [4.78, 5) is 11.1. The van der Waals surface area contributed by atoms with Crippen molar-refractivity contribution in [3.8, 4) is 0 Å². The maximum atomic E-state index is 11.1. The van der Waals surface area contributed by atoms with Gasteiger partial charge in [-0.3, -0.25) is 4.79 Å². The van der Waals surface area contributed by atoms with Gasteiger partial charge in [-0.25, -0.2) is 0 Å². The van der Waals surface area contributed by atoms with Crippen molar-refractivity contribution >= 4 is 5.78 Å². The summed E-state index contributed by atoms with van der Waals surface area (Å²) in [5, 5.41) is 0. The predicted molar refractivity (Wildman–Crippen MR) is 41.7 cm³/mol. The average Bonchev–Trinajstić information content (AvgIpc) is 1.82. The highest BCUT2D eigenvalue weighted by atomic mass is 16.1. The first-order chi connectivity index (χ1) is 4.61. The van der Waals surface area contributed by atoms with Crippen LogP contribution in [0.2, 0.25) is 0 Å². The summed E-state index contributed by atoms with van der Waals surface area (Å²) in [6.07, 6.45) is 3.67. The number of carbonyl (C=O) groups is 1. The topological polar surface area (TPSA) is 17.1 Å². The summed E-state index contributed by atoms with van der Waals surface area (Å²) in [6.45, 7) is 7.40. The number of hydrogen-bond donors (Lipinski definition) is 0. The molecule has 0 N–H and O–H groups in total. The monoisotopic (exact) mass is 134 g/mol. The highest BCUT2D eigenvalue weighted by Gasteiger charge is 2.10. The van der Waals surface area contributed by atoms with Crippen LogP contribution in [0.25, 0.3) is 0 Å². The lowest BCUT2D eigenvalue weighted by molar-refractivity contribution is -0.112. The molecule has 1 nitrogen and oxygen atoms in total. The minimum atomic E-state index is 0.0607. The molecule has 0 aliphatic heterocycles. The first-order valence-corrected chi connectivity index (χ1v) is 3.21. The van der Waals surface area contributed by atoms with Crippen molar-refractivity contribution in [3.63, 3.8) is 0 Å². The standard InChI is InChI=1S/C9H10O/c1-6-4-7(2)9(10)8(3)5-6/h4-5H,2H2,1,3H3. The molecule has 0 amide bonds. The molecule has 1 heteroatoms. The van der Waals surface area contributed by atoms with Gasteiger partial charge in [0.1, 0.15) is 0 Å². The Hall–Kier alpha value is -1.11. The van der Waals surface area contributed by atoms with Crippen molar-refractivity contribution in [1.82, 2.24) is 0 Å². The fourth-order valence-corrected chi connectivity index (χ4v) is 1.04. The molecular formula is C9H10O. The maximum Gasteiger partial charge on any atom is 0.188 e. The third kappa shape index (κ3) is 1.08. The molecule has 0 aromatic heterocycles. The van der Waals surface area contributed by atoms with Crippen LogP contribution >= 0.6 is 0 Å². The molecule has 0 aromatic rings. The first kappa shape index (κ1) is 7.00. The van der Waals surface area contributed by atoms with Crippen molar-refractivity contribution in [2.75, 3.05) is 0 Å². The maximum absolute atomic E-state index is 11.1. The lowest BCUT2D eigenvalue weighted by Gasteiger charge is -2.07. The zero-order valence-corrected chi connectivity index (χ0v) is 6.27. The van der Waals surface area contributed by atoms with E-state index in [1.807, 2.05) is 19.9 Å². The van der Waals surface area contributed by atoms with E-state index in [-0.39, 0.29) is 5.78 Å². The quantitative estimate of drug-likeness (QED) is 0.463. The van der Waals surface area contributed by atoms with Crippen molar-refractivity contribution in [2.45, 2.75) is 13.8 Å². The van der Waals surface area contributed by atoms with Gasteiger partial charge in [0.25, 0.3) is 0 Å². The Bertz CT molecular complexity index is 251. The fraction of sp³-hybridized carbons (Fsp3) is 0.222. The fourth-order valence-electron chi connectivity index (χ4n) is 1.04. The number of Topliss-reactive ketones (excluding diaryl/α,β-unsaturated/α-hetero) is 1. The third-order valence-electron chi connectivity index (χ3n) is 1.50. The van der Waals surface area contributed by atoms with Crippen LogP contribution in [0.4, 0.5) is 0 Å². The molecule has 0 bridgehead atoms. The molecule has 52 valence electrons. The van der Waals surface area contributed by atoms with Crippen LogP contribution in [0.3, 0.4) is 0 Å². The molecule has 1 aliphatic carbocycles. The Labute approximate surface area is 60.7 Å². The predicted octanol–water partition coefficient (Wildman–Crippen LogP) is 2.02. The van der Waals surface area contributed by atoms with Crippen LogP contribution in [0.15, 0.2) is 35.5 Å². The minimum Gasteiger partial charge on any atom is -0.289 e. The molecule has 0 fully saturated rings. The lowest BCUT2D eigenvalue weighted by Crippen LogP contribution is -2.05. The summed E-state index contributed by atoms with van der Waals surface area (Å²) in [5.41, 5.74) is 2.48. The van der Waals surface area contributed by atoms with Gasteiger partial charge < -0.3 is 0 Å². The second kappa shape index (κ2) is 2.25. The first-order valence-electron chi connectivity index (χ1n) is 3.21. The highest BCUT2D eigenvalue weighted by Crippen LogP contribution is 2.15. The molecule has 0 saturated heterocycles. The van der Waals surface area contributed by atoms with E-state index in [0.717, 1.165) is 11.1 Å². The van der Waals surface area contributed by atoms with Gasteiger partial charge >= 0.3 is 0 Å². The normalized spacial score (nSPS) is 18.6. The molecule has 0 saturated carbocycles. The van der Waals surface area contributed by atoms with Crippen LogP contribution in [0.5, 0.6) is 0 Å². The van der Waals surface area contributed by atoms with Crippen LogP contribution in [-0.2, 0) is 4.79 Å². The lowest BCUT2D eigenvalue weighted by atomic mass is 9.97. The molecule has 10 heavy (non-hydrogen) atoms. The zero-order valence-electron chi connectivity index (χ0n) is 6.27. The Morgan fingerprint density at radius 2 is 1.90 bits per heavy atom. The molecule has 0 aromatic carbocycles. The van der Waals surface area contributed by atoms with Gasteiger partial charge in [-0.15, -0.1) is 0 Å². The molecule has 0 heterocycles. The van der Waals surface area contributed by atoms with Crippen LogP contribution in [0, 0.1) is 0 Å². The molecule has 1 rings (SSSR count). The van der Waals surface area contributed by atoms with E-state index in [2.05, 4.69) is 6.58 Å². The van der Waals surface area contributed by atoms with Crippen molar-refractivity contribution in [3.05, 3.63) is 35.5 Å². The number of carbonyl (C=O) groups excluding carboxylic acids is 1. The van der Waals surface area contributed by atoms with E-state index in [9.17, 15) is 4.79 Å². The van der Waals surface area contributed by atoms with E-state index in [1.165, 1.54) is 0 Å². The van der Waals surface area contributed by atoms with Crippen molar-refractivity contribution in [1.29, 1.82) is 0 Å². The molecule has 0 radical (unpaired) electrons. The van der Waals surface area contributed by atoms with Crippen molar-refractivity contribution < 1.29 is 4.79 Å².